The zero-order chi connectivity index (χ0) is 20.3. The van der Waals surface area contributed by atoms with E-state index >= 15 is 0 Å². The van der Waals surface area contributed by atoms with Gasteiger partial charge in [-0.2, -0.15) is 0 Å². The van der Waals surface area contributed by atoms with E-state index < -0.39 is 11.7 Å². The third-order valence-corrected chi connectivity index (χ3v) is 4.42. The van der Waals surface area contributed by atoms with Crippen LogP contribution in [0.5, 0.6) is 0 Å². The van der Waals surface area contributed by atoms with E-state index in [-0.39, 0.29) is 6.04 Å². The van der Waals surface area contributed by atoms with E-state index in [0.29, 0.717) is 13.1 Å². The van der Waals surface area contributed by atoms with Crippen LogP contribution >= 0.6 is 11.3 Å². The molecule has 1 aromatic heterocycles. The van der Waals surface area contributed by atoms with Crippen LogP contribution in [0.2, 0.25) is 0 Å². The Morgan fingerprint density at radius 3 is 2.63 bits per heavy atom. The lowest BCUT2D eigenvalue weighted by atomic mass is 10.1. The van der Waals surface area contributed by atoms with Crippen molar-refractivity contribution in [2.45, 2.75) is 79.0 Å². The quantitative estimate of drug-likeness (QED) is 0.438. The van der Waals surface area contributed by atoms with Gasteiger partial charge in [0.05, 0.1) is 6.54 Å². The van der Waals surface area contributed by atoms with Crippen LogP contribution < -0.4 is 16.0 Å². The summed E-state index contributed by atoms with van der Waals surface area (Å²) in [6.07, 6.45) is 4.57. The number of ether oxygens (including phenoxy) is 1. The van der Waals surface area contributed by atoms with Gasteiger partial charge in [0.25, 0.3) is 0 Å². The molecule has 1 unspecified atom stereocenters. The van der Waals surface area contributed by atoms with Crippen molar-refractivity contribution in [3.05, 3.63) is 16.1 Å². The molecule has 0 aromatic carbocycles. The predicted molar refractivity (Wildman–Crippen MR) is 112 cm³/mol. The number of aryl methyl sites for hydroxylation is 1. The fourth-order valence-electron chi connectivity index (χ4n) is 2.33. The van der Waals surface area contributed by atoms with E-state index in [9.17, 15) is 4.79 Å². The van der Waals surface area contributed by atoms with Crippen LogP contribution in [0.15, 0.2) is 11.2 Å². The van der Waals surface area contributed by atoms with Gasteiger partial charge in [-0.1, -0.05) is 19.8 Å². The summed E-state index contributed by atoms with van der Waals surface area (Å²) >= 11 is 1.65. The van der Waals surface area contributed by atoms with Crippen LogP contribution in [-0.2, 0) is 11.3 Å². The van der Waals surface area contributed by atoms with Gasteiger partial charge in [0.15, 0.2) is 5.96 Å². The van der Waals surface area contributed by atoms with Crippen molar-refractivity contribution in [3.8, 4) is 0 Å². The number of nitrogens with zero attached hydrogens (tertiary/aromatic N) is 2. The Balaban J connectivity index is 2.67. The van der Waals surface area contributed by atoms with Crippen LogP contribution in [0, 0.1) is 6.92 Å². The van der Waals surface area contributed by atoms with E-state index in [0.717, 1.165) is 36.8 Å². The van der Waals surface area contributed by atoms with Crippen molar-refractivity contribution in [3.63, 3.8) is 0 Å². The first kappa shape index (κ1) is 23.2. The summed E-state index contributed by atoms with van der Waals surface area (Å²) in [7, 11) is 0. The number of carbonyl (C=O) groups is 1. The molecule has 0 spiro atoms. The van der Waals surface area contributed by atoms with Gasteiger partial charge in [-0.3, -0.25) is 0 Å². The molecule has 0 aliphatic carbocycles. The van der Waals surface area contributed by atoms with Gasteiger partial charge < -0.3 is 20.7 Å². The highest BCUT2D eigenvalue weighted by Gasteiger charge is 2.18. The smallest absolute Gasteiger partial charge is 0.407 e. The van der Waals surface area contributed by atoms with E-state index in [1.807, 2.05) is 40.8 Å². The lowest BCUT2D eigenvalue weighted by Gasteiger charge is -2.24. The van der Waals surface area contributed by atoms with Crippen molar-refractivity contribution in [1.82, 2.24) is 20.9 Å². The van der Waals surface area contributed by atoms with E-state index in [2.05, 4.69) is 32.9 Å². The second kappa shape index (κ2) is 11.8. The normalized spacial score (nSPS) is 13.2. The third kappa shape index (κ3) is 10.8. The van der Waals surface area contributed by atoms with Crippen molar-refractivity contribution >= 4 is 23.4 Å². The molecule has 0 aliphatic rings. The summed E-state index contributed by atoms with van der Waals surface area (Å²) in [4.78, 5) is 22.1. The molecular weight excluding hydrogens is 362 g/mol. The third-order valence-electron chi connectivity index (χ3n) is 3.52. The minimum atomic E-state index is -0.501. The first-order chi connectivity index (χ1) is 12.7. The summed E-state index contributed by atoms with van der Waals surface area (Å²) < 4.78 is 5.32. The average Bonchev–Trinajstić information content (AvgIpc) is 2.99. The Kier molecular flexibility index (Phi) is 10.1. The molecular formula is C19H35N5O2S. The second-order valence-electron chi connectivity index (χ2n) is 7.43. The second-order valence-corrected chi connectivity index (χ2v) is 8.75. The Bertz CT molecular complexity index is 595. The van der Waals surface area contributed by atoms with Crippen LogP contribution in [-0.4, -0.2) is 41.8 Å². The Hall–Kier alpha value is -1.83. The Labute approximate surface area is 167 Å². The van der Waals surface area contributed by atoms with Gasteiger partial charge in [-0.05, 0) is 41.0 Å². The predicted octanol–water partition coefficient (Wildman–Crippen LogP) is 3.59. The first-order valence-electron chi connectivity index (χ1n) is 9.66. The highest BCUT2D eigenvalue weighted by molar-refractivity contribution is 7.11. The number of thiazole rings is 1. The molecule has 0 aliphatic heterocycles. The van der Waals surface area contributed by atoms with E-state index in [4.69, 9.17) is 4.74 Å². The molecule has 0 fully saturated rings. The minimum absolute atomic E-state index is 0.0771. The minimum Gasteiger partial charge on any atom is -0.444 e. The number of unbranched alkanes of at least 4 members (excludes halogenated alkanes) is 1. The molecule has 27 heavy (non-hydrogen) atoms. The highest BCUT2D eigenvalue weighted by Crippen LogP contribution is 2.12. The number of guanidine groups is 1. The topological polar surface area (TPSA) is 87.6 Å². The number of aromatic nitrogens is 1. The lowest BCUT2D eigenvalue weighted by Crippen LogP contribution is -2.49. The highest BCUT2D eigenvalue weighted by atomic mass is 32.1. The SMILES string of the molecule is CCCCC(CNC(=O)OC(C)(C)C)NC(=NCc1ncc(C)s1)NCC. The number of alkyl carbamates (subject to hydrolysis) is 1. The molecule has 7 nitrogen and oxygen atoms in total. The van der Waals surface area contributed by atoms with Gasteiger partial charge in [-0.25, -0.2) is 14.8 Å². The molecule has 1 heterocycles. The summed E-state index contributed by atoms with van der Waals surface area (Å²) in [5.41, 5.74) is -0.501. The largest absolute Gasteiger partial charge is 0.444 e. The summed E-state index contributed by atoms with van der Waals surface area (Å²) in [5, 5.41) is 10.5. The maximum absolute atomic E-state index is 11.9. The van der Waals surface area contributed by atoms with Crippen molar-refractivity contribution < 1.29 is 9.53 Å². The molecule has 154 valence electrons. The fourth-order valence-corrected chi connectivity index (χ4v) is 3.04. The number of aliphatic imine (C=N–C) groups is 1. The fraction of sp³-hybridized carbons (Fsp3) is 0.737. The molecule has 0 saturated carbocycles. The van der Waals surface area contributed by atoms with Crippen molar-refractivity contribution in [1.29, 1.82) is 0 Å². The van der Waals surface area contributed by atoms with Crippen molar-refractivity contribution in [2.75, 3.05) is 13.1 Å². The number of hydrogen-bond donors (Lipinski definition) is 3. The maximum Gasteiger partial charge on any atom is 0.407 e. The molecule has 0 radical (unpaired) electrons. The Morgan fingerprint density at radius 2 is 2.07 bits per heavy atom. The maximum atomic E-state index is 11.9. The van der Waals surface area contributed by atoms with E-state index in [1.54, 1.807) is 11.3 Å². The van der Waals surface area contributed by atoms with Crippen molar-refractivity contribution in [2.24, 2.45) is 4.99 Å². The molecule has 8 heteroatoms. The number of hydrogen-bond acceptors (Lipinski definition) is 5. The van der Waals surface area contributed by atoms with Gasteiger partial charge in [0.1, 0.15) is 10.6 Å². The first-order valence-corrected chi connectivity index (χ1v) is 10.5. The zero-order valence-electron chi connectivity index (χ0n) is 17.5. The molecule has 1 amide bonds. The number of amides is 1. The van der Waals surface area contributed by atoms with Gasteiger partial charge in [0, 0.05) is 30.2 Å². The standard InChI is InChI=1S/C19H35N5O2S/c1-7-9-10-15(12-23-18(25)26-19(4,5)6)24-17(20-8-2)22-13-16-21-11-14(3)27-16/h11,15H,7-10,12-13H2,1-6H3,(H,23,25)(H2,20,22,24). The number of carbonyl (C=O) groups excluding carboxylic acids is 1. The number of nitrogens with one attached hydrogen (secondary N) is 3. The van der Waals surface area contributed by atoms with Crippen LogP contribution in [0.3, 0.4) is 0 Å². The summed E-state index contributed by atoms with van der Waals surface area (Å²) in [6, 6.07) is 0.0771. The van der Waals surface area contributed by atoms with Crippen LogP contribution in [0.1, 0.15) is 63.8 Å². The van der Waals surface area contributed by atoms with Crippen LogP contribution in [0.4, 0.5) is 4.79 Å². The van der Waals surface area contributed by atoms with Gasteiger partial charge in [-0.15, -0.1) is 11.3 Å². The van der Waals surface area contributed by atoms with Gasteiger partial charge in [0.2, 0.25) is 0 Å². The average molecular weight is 398 g/mol. The molecule has 0 bridgehead atoms. The number of rotatable bonds is 9. The van der Waals surface area contributed by atoms with Gasteiger partial charge >= 0.3 is 6.09 Å². The molecule has 1 rings (SSSR count). The molecule has 1 aromatic rings. The zero-order valence-corrected chi connectivity index (χ0v) is 18.3. The molecule has 3 N–H and O–H groups in total. The molecule has 0 saturated heterocycles. The van der Waals surface area contributed by atoms with E-state index in [1.165, 1.54) is 4.88 Å². The summed E-state index contributed by atoms with van der Waals surface area (Å²) in [6.45, 7) is 13.6. The Morgan fingerprint density at radius 1 is 1.33 bits per heavy atom. The lowest BCUT2D eigenvalue weighted by molar-refractivity contribution is 0.0523. The molecule has 1 atom stereocenters. The van der Waals surface area contributed by atoms with Crippen LogP contribution in [0.25, 0.3) is 0 Å². The monoisotopic (exact) mass is 397 g/mol. The summed E-state index contributed by atoms with van der Waals surface area (Å²) in [5.74, 6) is 0.734.